The Kier molecular flexibility index (Phi) is 9.13. The molecule has 0 saturated heterocycles. The van der Waals surface area contributed by atoms with Gasteiger partial charge in [0.2, 0.25) is 0 Å². The average molecular weight is 968 g/mol. The van der Waals surface area contributed by atoms with Crippen molar-refractivity contribution in [1.82, 2.24) is 14.5 Å². The zero-order valence-corrected chi connectivity index (χ0v) is 41.2. The van der Waals surface area contributed by atoms with Crippen molar-refractivity contribution < 1.29 is 4.74 Å². The maximum Gasteiger partial charge on any atom is 0.160 e. The summed E-state index contributed by atoms with van der Waals surface area (Å²) in [6.07, 6.45) is 0. The molecule has 3 heterocycles. The Morgan fingerprint density at radius 3 is 1.38 bits per heavy atom. The van der Waals surface area contributed by atoms with Crippen LogP contribution in [0.25, 0.3) is 83.6 Å². The minimum absolute atomic E-state index is 0.533. The molecular weight excluding hydrogens is 923 g/mol. The molecular formula is C72H45N3O. The van der Waals surface area contributed by atoms with E-state index in [1.807, 2.05) is 18.2 Å². The lowest BCUT2D eigenvalue weighted by molar-refractivity contribution is 0.430. The summed E-state index contributed by atoms with van der Waals surface area (Å²) >= 11 is 0. The Balaban J connectivity index is 0.865. The third-order valence-electron chi connectivity index (χ3n) is 16.6. The molecule has 13 aromatic rings. The highest BCUT2D eigenvalue weighted by Gasteiger charge is 2.58. The van der Waals surface area contributed by atoms with E-state index in [0.717, 1.165) is 67.5 Å². The van der Waals surface area contributed by atoms with Crippen LogP contribution in [-0.4, -0.2) is 14.5 Å². The van der Waals surface area contributed by atoms with Gasteiger partial charge in [0, 0.05) is 49.8 Å². The summed E-state index contributed by atoms with van der Waals surface area (Å²) in [5, 5.41) is 2.48. The van der Waals surface area contributed by atoms with Crippen molar-refractivity contribution in [1.29, 1.82) is 0 Å². The van der Waals surface area contributed by atoms with Gasteiger partial charge in [0.1, 0.15) is 11.5 Å². The van der Waals surface area contributed by atoms with Gasteiger partial charge in [-0.1, -0.05) is 231 Å². The van der Waals surface area contributed by atoms with E-state index in [1.54, 1.807) is 0 Å². The normalized spacial score (nSPS) is 13.8. The minimum Gasteiger partial charge on any atom is -0.456 e. The molecule has 2 aliphatic carbocycles. The number of hydrogen-bond acceptors (Lipinski definition) is 3. The number of nitrogens with zero attached hydrogens (tertiary/aromatic N) is 3. The zero-order chi connectivity index (χ0) is 50.0. The van der Waals surface area contributed by atoms with Gasteiger partial charge in [-0.25, -0.2) is 9.97 Å². The van der Waals surface area contributed by atoms with Crippen molar-refractivity contribution in [2.45, 2.75) is 10.8 Å². The van der Waals surface area contributed by atoms with Gasteiger partial charge in [-0.2, -0.15) is 0 Å². The highest BCUT2D eigenvalue weighted by atomic mass is 16.5. The molecule has 4 nitrogen and oxygen atoms in total. The van der Waals surface area contributed by atoms with E-state index in [4.69, 9.17) is 14.7 Å². The molecule has 3 aliphatic rings. The molecule has 0 bridgehead atoms. The second-order valence-corrected chi connectivity index (χ2v) is 20.3. The van der Waals surface area contributed by atoms with Crippen LogP contribution in [0.3, 0.4) is 0 Å². The number of aromatic nitrogens is 3. The van der Waals surface area contributed by atoms with E-state index in [-0.39, 0.29) is 0 Å². The Morgan fingerprint density at radius 1 is 0.303 bits per heavy atom. The molecule has 0 saturated carbocycles. The van der Waals surface area contributed by atoms with Gasteiger partial charge in [0.15, 0.2) is 5.82 Å². The molecule has 0 amide bonds. The Morgan fingerprint density at radius 2 is 0.750 bits per heavy atom. The summed E-state index contributed by atoms with van der Waals surface area (Å²) in [6, 6.07) is 99.2. The molecule has 0 unspecified atom stereocenters. The summed E-state index contributed by atoms with van der Waals surface area (Å²) in [5.74, 6) is 2.37. The van der Waals surface area contributed by atoms with Crippen molar-refractivity contribution in [2.24, 2.45) is 0 Å². The van der Waals surface area contributed by atoms with E-state index < -0.39 is 10.8 Å². The largest absolute Gasteiger partial charge is 0.456 e. The molecule has 2 aromatic heterocycles. The van der Waals surface area contributed by atoms with E-state index in [9.17, 15) is 0 Å². The molecule has 4 heteroatoms. The van der Waals surface area contributed by atoms with Gasteiger partial charge >= 0.3 is 0 Å². The molecule has 11 aromatic carbocycles. The van der Waals surface area contributed by atoms with Crippen LogP contribution in [0.1, 0.15) is 44.5 Å². The van der Waals surface area contributed by atoms with Crippen molar-refractivity contribution in [3.63, 3.8) is 0 Å². The third kappa shape index (κ3) is 5.84. The lowest BCUT2D eigenvalue weighted by Gasteiger charge is -2.51. The lowest BCUT2D eigenvalue weighted by Crippen LogP contribution is -2.45. The average Bonchev–Trinajstić information content (AvgIpc) is 4.17. The van der Waals surface area contributed by atoms with Crippen molar-refractivity contribution in [3.8, 4) is 73.3 Å². The van der Waals surface area contributed by atoms with Gasteiger partial charge in [0.25, 0.3) is 0 Å². The first-order chi connectivity index (χ1) is 37.7. The van der Waals surface area contributed by atoms with Crippen LogP contribution in [0.5, 0.6) is 11.5 Å². The first-order valence-corrected chi connectivity index (χ1v) is 26.1. The molecule has 16 rings (SSSR count). The number of benzene rings is 11. The second-order valence-electron chi connectivity index (χ2n) is 20.3. The first kappa shape index (κ1) is 42.6. The minimum atomic E-state index is -0.716. The molecule has 2 spiro atoms. The second kappa shape index (κ2) is 16.3. The number of para-hydroxylation sites is 4. The zero-order valence-electron chi connectivity index (χ0n) is 41.2. The van der Waals surface area contributed by atoms with E-state index in [0.29, 0.717) is 5.82 Å². The van der Waals surface area contributed by atoms with Crippen LogP contribution < -0.4 is 4.74 Å². The fourth-order valence-electron chi connectivity index (χ4n) is 13.5. The maximum absolute atomic E-state index is 7.31. The van der Waals surface area contributed by atoms with Crippen LogP contribution in [0.15, 0.2) is 273 Å². The quantitative estimate of drug-likeness (QED) is 0.173. The third-order valence-corrected chi connectivity index (χ3v) is 16.6. The van der Waals surface area contributed by atoms with Crippen LogP contribution in [0.2, 0.25) is 0 Å². The standard InChI is InChI=1S/C72H45N3O/c1-2-20-47(21-3-1)70-73-64(46-40-42-50(43-41-46)75-66-37-15-6-26-54(66)55-27-7-16-38-67(55)75)45-65(74-70)49-23-18-22-48(44-49)51-28-19-36-63-69(51)76-68-39-17-14-35-62(68)72(63)60-33-12-10-31-58(60)71(59-32-11-13-34-61(59)72)56-29-8-4-24-52(56)53-25-5-9-30-57(53)71/h1-45H. The van der Waals surface area contributed by atoms with Crippen LogP contribution in [0, 0.1) is 0 Å². The van der Waals surface area contributed by atoms with Gasteiger partial charge in [-0.3, -0.25) is 0 Å². The highest BCUT2D eigenvalue weighted by molar-refractivity contribution is 6.09. The number of ether oxygens (including phenoxy) is 1. The summed E-state index contributed by atoms with van der Waals surface area (Å²) < 4.78 is 9.66. The van der Waals surface area contributed by atoms with Gasteiger partial charge in [0.05, 0.1) is 33.3 Å². The smallest absolute Gasteiger partial charge is 0.160 e. The molecule has 0 N–H and O–H groups in total. The Bertz CT molecular complexity index is 4360. The van der Waals surface area contributed by atoms with Gasteiger partial charge < -0.3 is 9.30 Å². The summed E-state index contributed by atoms with van der Waals surface area (Å²) in [5.41, 5.74) is 21.4. The van der Waals surface area contributed by atoms with Gasteiger partial charge in [-0.15, -0.1) is 0 Å². The monoisotopic (exact) mass is 967 g/mol. The predicted octanol–water partition coefficient (Wildman–Crippen LogP) is 17.4. The predicted molar refractivity (Wildman–Crippen MR) is 307 cm³/mol. The van der Waals surface area contributed by atoms with Crippen molar-refractivity contribution in [2.75, 3.05) is 0 Å². The SMILES string of the molecule is c1ccc(-c2nc(-c3ccc(-n4c5ccccc5c5ccccc54)cc3)cc(-c3cccc(-c4cccc5c4Oc4ccccc4C54c5ccccc5C5(c6ccccc6-c6ccccc65)c5ccccc54)c3)n2)cc1. The van der Waals surface area contributed by atoms with Crippen LogP contribution in [0.4, 0.5) is 0 Å². The van der Waals surface area contributed by atoms with Gasteiger partial charge in [-0.05, 0) is 92.5 Å². The Hall–Kier alpha value is -9.90. The maximum atomic E-state index is 7.31. The van der Waals surface area contributed by atoms with E-state index in [2.05, 4.69) is 259 Å². The fourth-order valence-corrected chi connectivity index (χ4v) is 13.5. The number of rotatable bonds is 5. The van der Waals surface area contributed by atoms with E-state index >= 15 is 0 Å². The topological polar surface area (TPSA) is 39.9 Å². The summed E-state index contributed by atoms with van der Waals surface area (Å²) in [7, 11) is 0. The summed E-state index contributed by atoms with van der Waals surface area (Å²) in [4.78, 5) is 10.6. The molecule has 76 heavy (non-hydrogen) atoms. The van der Waals surface area contributed by atoms with Crippen LogP contribution in [-0.2, 0) is 10.8 Å². The molecule has 0 fully saturated rings. The number of hydrogen-bond donors (Lipinski definition) is 0. The van der Waals surface area contributed by atoms with Crippen molar-refractivity contribution >= 4 is 21.8 Å². The highest BCUT2D eigenvalue weighted by Crippen LogP contribution is 2.67. The molecule has 354 valence electrons. The van der Waals surface area contributed by atoms with E-state index in [1.165, 1.54) is 66.3 Å². The Labute approximate surface area is 440 Å². The molecule has 0 atom stereocenters. The van der Waals surface area contributed by atoms with Crippen molar-refractivity contribution in [3.05, 3.63) is 317 Å². The molecule has 0 radical (unpaired) electrons. The summed E-state index contributed by atoms with van der Waals surface area (Å²) in [6.45, 7) is 0. The number of fused-ring (bicyclic) bond motifs is 18. The first-order valence-electron chi connectivity index (χ1n) is 26.1. The molecule has 1 aliphatic heterocycles. The lowest BCUT2D eigenvalue weighted by atomic mass is 9.51. The fraction of sp³-hybridized carbons (Fsp3) is 0.0278. The van der Waals surface area contributed by atoms with Crippen LogP contribution >= 0.6 is 0 Å².